The Balaban J connectivity index is 2.50. The third-order valence-corrected chi connectivity index (χ3v) is 2.12. The van der Waals surface area contributed by atoms with E-state index >= 15 is 0 Å². The molecule has 1 atom stereocenters. The number of hydrogen-bond acceptors (Lipinski definition) is 5. The van der Waals surface area contributed by atoms with Crippen molar-refractivity contribution in [1.82, 2.24) is 4.98 Å². The molecule has 0 fully saturated rings. The van der Waals surface area contributed by atoms with Gasteiger partial charge in [-0.15, -0.1) is 0 Å². The molecule has 0 amide bonds. The molecule has 0 saturated heterocycles. The highest BCUT2D eigenvalue weighted by molar-refractivity contribution is 5.92. The Kier molecular flexibility index (Phi) is 2.52. The molecule has 2 rings (SSSR count). The van der Waals surface area contributed by atoms with E-state index in [1.165, 1.54) is 18.2 Å². The van der Waals surface area contributed by atoms with Crippen molar-refractivity contribution in [1.29, 1.82) is 0 Å². The molecule has 7 nitrogen and oxygen atoms in total. The fourth-order valence-electron chi connectivity index (χ4n) is 1.30. The molecule has 0 aliphatic heterocycles. The van der Waals surface area contributed by atoms with Crippen LogP contribution in [0.25, 0.3) is 11.1 Å². The highest BCUT2D eigenvalue weighted by Crippen LogP contribution is 2.21. The molecule has 0 aliphatic rings. The Labute approximate surface area is 93.9 Å². The molecule has 2 aromatic rings. The topological polar surface area (TPSA) is 121 Å². The van der Waals surface area contributed by atoms with Crippen LogP contribution in [0.2, 0.25) is 0 Å². The van der Waals surface area contributed by atoms with E-state index in [4.69, 9.17) is 14.6 Å². The lowest BCUT2D eigenvalue weighted by molar-refractivity contribution is -0.148. The molecule has 1 aromatic carbocycles. The Morgan fingerprint density at radius 2 is 2.00 bits per heavy atom. The summed E-state index contributed by atoms with van der Waals surface area (Å²) in [6, 6.07) is 3.88. The Morgan fingerprint density at radius 3 is 2.59 bits per heavy atom. The van der Waals surface area contributed by atoms with Crippen LogP contribution in [0, 0.1) is 0 Å². The third kappa shape index (κ3) is 1.95. The van der Waals surface area contributed by atoms with Crippen molar-refractivity contribution >= 4 is 23.0 Å². The van der Waals surface area contributed by atoms with Crippen molar-refractivity contribution in [3.05, 3.63) is 29.7 Å². The summed E-state index contributed by atoms with van der Waals surface area (Å²) in [6.45, 7) is 0. The minimum atomic E-state index is -1.87. The molecule has 17 heavy (non-hydrogen) atoms. The number of carbonyl (C=O) groups is 2. The van der Waals surface area contributed by atoms with Gasteiger partial charge in [-0.05, 0) is 18.2 Å². The number of aliphatic carboxylic acids is 1. The number of aromatic carboxylic acids is 1. The van der Waals surface area contributed by atoms with E-state index in [1.807, 2.05) is 0 Å². The number of carboxylic acid groups (broad SMARTS) is 2. The van der Waals surface area contributed by atoms with Gasteiger partial charge in [-0.3, -0.25) is 0 Å². The highest BCUT2D eigenvalue weighted by Gasteiger charge is 2.22. The van der Waals surface area contributed by atoms with Gasteiger partial charge in [-0.2, -0.15) is 0 Å². The first-order valence-corrected chi connectivity index (χ1v) is 4.53. The summed E-state index contributed by atoms with van der Waals surface area (Å²) in [4.78, 5) is 24.9. The third-order valence-electron chi connectivity index (χ3n) is 2.12. The van der Waals surface area contributed by atoms with E-state index in [2.05, 4.69) is 4.98 Å². The van der Waals surface area contributed by atoms with E-state index in [0.717, 1.165) is 0 Å². The number of aliphatic hydroxyl groups excluding tert-OH is 1. The van der Waals surface area contributed by atoms with Gasteiger partial charge in [0, 0.05) is 0 Å². The number of nitrogens with zero attached hydrogens (tertiary/aromatic N) is 1. The maximum Gasteiger partial charge on any atom is 0.342 e. The number of benzene rings is 1. The summed E-state index contributed by atoms with van der Waals surface area (Å²) in [6.07, 6.45) is -1.87. The van der Waals surface area contributed by atoms with Gasteiger partial charge in [0.25, 0.3) is 0 Å². The predicted molar refractivity (Wildman–Crippen MR) is 53.6 cm³/mol. The second kappa shape index (κ2) is 3.87. The van der Waals surface area contributed by atoms with Crippen LogP contribution < -0.4 is 0 Å². The molecule has 1 heterocycles. The number of oxazole rings is 1. The van der Waals surface area contributed by atoms with Crippen molar-refractivity contribution < 1.29 is 29.3 Å². The normalized spacial score (nSPS) is 12.5. The number of hydrogen-bond donors (Lipinski definition) is 3. The molecule has 88 valence electrons. The zero-order chi connectivity index (χ0) is 12.6. The Morgan fingerprint density at radius 1 is 1.29 bits per heavy atom. The van der Waals surface area contributed by atoms with Crippen LogP contribution in [0.5, 0.6) is 0 Å². The molecule has 3 N–H and O–H groups in total. The van der Waals surface area contributed by atoms with Gasteiger partial charge >= 0.3 is 11.9 Å². The molecule has 0 saturated carbocycles. The summed E-state index contributed by atoms with van der Waals surface area (Å²) in [5, 5.41) is 26.5. The standard InChI is InChI=1S/C10H7NO6/c12-7(10(15)16)8-11-5-3-4(9(13)14)1-2-6(5)17-8/h1-3,7,12H,(H,13,14)(H,15,16). The van der Waals surface area contributed by atoms with Crippen molar-refractivity contribution in [3.8, 4) is 0 Å². The van der Waals surface area contributed by atoms with Crippen molar-refractivity contribution in [2.24, 2.45) is 0 Å². The molecule has 0 spiro atoms. The quantitative estimate of drug-likeness (QED) is 0.716. The number of rotatable bonds is 3. The van der Waals surface area contributed by atoms with Crippen LogP contribution in [0.15, 0.2) is 22.6 Å². The SMILES string of the molecule is O=C(O)c1ccc2oc(C(O)C(=O)O)nc2c1. The average Bonchev–Trinajstić information content (AvgIpc) is 2.69. The zero-order valence-electron chi connectivity index (χ0n) is 8.32. The summed E-state index contributed by atoms with van der Waals surface area (Å²) >= 11 is 0. The van der Waals surface area contributed by atoms with Gasteiger partial charge in [0.15, 0.2) is 5.58 Å². The van der Waals surface area contributed by atoms with Crippen LogP contribution in [0.3, 0.4) is 0 Å². The average molecular weight is 237 g/mol. The monoisotopic (exact) mass is 237 g/mol. The smallest absolute Gasteiger partial charge is 0.342 e. The summed E-state index contributed by atoms with van der Waals surface area (Å²) in [7, 11) is 0. The van der Waals surface area contributed by atoms with Crippen LogP contribution in [-0.4, -0.2) is 32.2 Å². The van der Waals surface area contributed by atoms with Crippen molar-refractivity contribution in [2.75, 3.05) is 0 Å². The van der Waals surface area contributed by atoms with E-state index < -0.39 is 18.0 Å². The largest absolute Gasteiger partial charge is 0.479 e. The van der Waals surface area contributed by atoms with E-state index in [1.54, 1.807) is 0 Å². The number of fused-ring (bicyclic) bond motifs is 1. The number of aliphatic hydroxyl groups is 1. The Hall–Kier alpha value is -2.41. The maximum absolute atomic E-state index is 10.7. The van der Waals surface area contributed by atoms with Crippen LogP contribution in [0.1, 0.15) is 22.4 Å². The molecule has 7 heteroatoms. The first-order valence-electron chi connectivity index (χ1n) is 4.53. The predicted octanol–water partition coefficient (Wildman–Crippen LogP) is 0.644. The van der Waals surface area contributed by atoms with Crippen molar-refractivity contribution in [2.45, 2.75) is 6.10 Å². The summed E-state index contributed by atoms with van der Waals surface area (Å²) < 4.78 is 4.99. The fraction of sp³-hybridized carbons (Fsp3) is 0.100. The molecule has 0 radical (unpaired) electrons. The minimum absolute atomic E-state index is 0.00200. The van der Waals surface area contributed by atoms with Gasteiger partial charge in [-0.1, -0.05) is 0 Å². The first kappa shape index (κ1) is 11.1. The lowest BCUT2D eigenvalue weighted by atomic mass is 10.2. The summed E-state index contributed by atoms with van der Waals surface area (Å²) in [5.74, 6) is -3.00. The van der Waals surface area contributed by atoms with Crippen LogP contribution in [0.4, 0.5) is 0 Å². The Bertz CT molecular complexity index is 602. The maximum atomic E-state index is 10.7. The minimum Gasteiger partial charge on any atom is -0.479 e. The molecular formula is C10H7NO6. The molecular weight excluding hydrogens is 230 g/mol. The van der Waals surface area contributed by atoms with Gasteiger partial charge in [0.1, 0.15) is 5.52 Å². The second-order valence-electron chi connectivity index (χ2n) is 3.28. The lowest BCUT2D eigenvalue weighted by Gasteiger charge is -1.96. The van der Waals surface area contributed by atoms with Crippen molar-refractivity contribution in [3.63, 3.8) is 0 Å². The summed E-state index contributed by atoms with van der Waals surface area (Å²) in [5.41, 5.74) is 0.396. The van der Waals surface area contributed by atoms with Gasteiger partial charge < -0.3 is 19.7 Å². The van der Waals surface area contributed by atoms with Gasteiger partial charge in [0.05, 0.1) is 5.56 Å². The van der Waals surface area contributed by atoms with E-state index in [0.29, 0.717) is 0 Å². The van der Waals surface area contributed by atoms with Gasteiger partial charge in [0.2, 0.25) is 12.0 Å². The first-order chi connectivity index (χ1) is 7.99. The number of carboxylic acids is 2. The molecule has 1 aromatic heterocycles. The highest BCUT2D eigenvalue weighted by atomic mass is 16.4. The molecule has 0 aliphatic carbocycles. The van der Waals surface area contributed by atoms with E-state index in [9.17, 15) is 14.7 Å². The molecule has 1 unspecified atom stereocenters. The fourth-order valence-corrected chi connectivity index (χ4v) is 1.30. The second-order valence-corrected chi connectivity index (χ2v) is 3.28. The number of aromatic nitrogens is 1. The van der Waals surface area contributed by atoms with E-state index in [-0.39, 0.29) is 22.6 Å². The lowest BCUT2D eigenvalue weighted by Crippen LogP contribution is -2.10. The zero-order valence-corrected chi connectivity index (χ0v) is 8.32. The van der Waals surface area contributed by atoms with Crippen LogP contribution >= 0.6 is 0 Å². The van der Waals surface area contributed by atoms with Crippen LogP contribution in [-0.2, 0) is 4.79 Å². The molecule has 0 bridgehead atoms. The van der Waals surface area contributed by atoms with Gasteiger partial charge in [-0.25, -0.2) is 14.6 Å².